The number of ether oxygens (including phenoxy) is 1. The Labute approximate surface area is 187 Å². The van der Waals surface area contributed by atoms with Gasteiger partial charge < -0.3 is 15.4 Å². The first-order valence-corrected chi connectivity index (χ1v) is 10.6. The van der Waals surface area contributed by atoms with Crippen molar-refractivity contribution in [1.29, 1.82) is 0 Å². The van der Waals surface area contributed by atoms with Gasteiger partial charge in [0.25, 0.3) is 5.91 Å². The number of amides is 2. The average Bonchev–Trinajstić information content (AvgIpc) is 2.82. The number of benzene rings is 3. The third kappa shape index (κ3) is 6.80. The number of ketones is 1. The predicted molar refractivity (Wildman–Crippen MR) is 125 cm³/mol. The van der Waals surface area contributed by atoms with Gasteiger partial charge in [0.2, 0.25) is 5.91 Å². The predicted octanol–water partition coefficient (Wildman–Crippen LogP) is 5.33. The average molecular weight is 431 g/mol. The van der Waals surface area contributed by atoms with Crippen molar-refractivity contribution in [2.24, 2.45) is 0 Å². The first-order valence-electron chi connectivity index (χ1n) is 10.6. The lowest BCUT2D eigenvalue weighted by Gasteiger charge is -2.09. The molecule has 0 aliphatic heterocycles. The van der Waals surface area contributed by atoms with E-state index in [-0.39, 0.29) is 30.4 Å². The van der Waals surface area contributed by atoms with Gasteiger partial charge >= 0.3 is 0 Å². The largest absolute Gasteiger partial charge is 0.494 e. The van der Waals surface area contributed by atoms with Gasteiger partial charge in [0.15, 0.2) is 5.78 Å². The van der Waals surface area contributed by atoms with Gasteiger partial charge in [-0.1, -0.05) is 31.2 Å². The first kappa shape index (κ1) is 22.7. The van der Waals surface area contributed by atoms with Crippen LogP contribution in [0.2, 0.25) is 0 Å². The Hall–Kier alpha value is -3.93. The molecule has 6 heteroatoms. The zero-order chi connectivity index (χ0) is 22.8. The lowest BCUT2D eigenvalue weighted by Crippen LogP contribution is -2.14. The molecule has 0 aromatic heterocycles. The van der Waals surface area contributed by atoms with Crippen molar-refractivity contribution < 1.29 is 19.1 Å². The summed E-state index contributed by atoms with van der Waals surface area (Å²) >= 11 is 0. The SMILES string of the molecule is CCCOc1ccc(C(=O)CCC(=O)Nc2cccc(NC(=O)c3ccccc3)c2)cc1. The van der Waals surface area contributed by atoms with Gasteiger partial charge in [-0.15, -0.1) is 0 Å². The molecule has 0 aliphatic rings. The molecule has 3 aromatic rings. The van der Waals surface area contributed by atoms with E-state index < -0.39 is 0 Å². The summed E-state index contributed by atoms with van der Waals surface area (Å²) in [6, 6.07) is 22.7. The Morgan fingerprint density at radius 1 is 0.750 bits per heavy atom. The molecule has 0 heterocycles. The highest BCUT2D eigenvalue weighted by Crippen LogP contribution is 2.18. The van der Waals surface area contributed by atoms with Gasteiger partial charge in [0.05, 0.1) is 6.61 Å². The molecule has 6 nitrogen and oxygen atoms in total. The van der Waals surface area contributed by atoms with Crippen LogP contribution in [0.3, 0.4) is 0 Å². The number of carbonyl (C=O) groups is 3. The summed E-state index contributed by atoms with van der Waals surface area (Å²) in [6.07, 6.45) is 1.08. The molecule has 32 heavy (non-hydrogen) atoms. The second-order valence-electron chi connectivity index (χ2n) is 7.25. The normalized spacial score (nSPS) is 10.3. The second-order valence-corrected chi connectivity index (χ2v) is 7.25. The van der Waals surface area contributed by atoms with E-state index in [1.54, 1.807) is 72.8 Å². The molecule has 0 aliphatic carbocycles. The van der Waals surface area contributed by atoms with Gasteiger partial charge in [-0.2, -0.15) is 0 Å². The molecule has 2 amide bonds. The minimum Gasteiger partial charge on any atom is -0.494 e. The van der Waals surface area contributed by atoms with Crippen molar-refractivity contribution in [3.63, 3.8) is 0 Å². The van der Waals surface area contributed by atoms with Crippen LogP contribution in [0.4, 0.5) is 11.4 Å². The molecule has 0 radical (unpaired) electrons. The number of hydrogen-bond acceptors (Lipinski definition) is 4. The molecule has 0 atom stereocenters. The second kappa shape index (κ2) is 11.5. The van der Waals surface area contributed by atoms with Crippen LogP contribution in [-0.2, 0) is 4.79 Å². The van der Waals surface area contributed by atoms with E-state index in [4.69, 9.17) is 4.74 Å². The van der Waals surface area contributed by atoms with Crippen molar-refractivity contribution in [3.05, 3.63) is 90.0 Å². The van der Waals surface area contributed by atoms with Crippen LogP contribution in [-0.4, -0.2) is 24.2 Å². The molecule has 0 saturated heterocycles. The van der Waals surface area contributed by atoms with Crippen LogP contribution in [0.1, 0.15) is 46.9 Å². The van der Waals surface area contributed by atoms with Crippen LogP contribution in [0.5, 0.6) is 5.75 Å². The number of hydrogen-bond donors (Lipinski definition) is 2. The lowest BCUT2D eigenvalue weighted by atomic mass is 10.1. The lowest BCUT2D eigenvalue weighted by molar-refractivity contribution is -0.116. The summed E-state index contributed by atoms with van der Waals surface area (Å²) in [5.41, 5.74) is 2.21. The molecule has 3 rings (SSSR count). The fraction of sp³-hybridized carbons (Fsp3) is 0.192. The van der Waals surface area contributed by atoms with E-state index >= 15 is 0 Å². The van der Waals surface area contributed by atoms with Crippen molar-refractivity contribution in [1.82, 2.24) is 0 Å². The zero-order valence-electron chi connectivity index (χ0n) is 18.0. The van der Waals surface area contributed by atoms with Crippen LogP contribution >= 0.6 is 0 Å². The van der Waals surface area contributed by atoms with Crippen LogP contribution in [0.25, 0.3) is 0 Å². The minimum atomic E-state index is -0.271. The first-order chi connectivity index (χ1) is 15.5. The Morgan fingerprint density at radius 2 is 1.44 bits per heavy atom. The smallest absolute Gasteiger partial charge is 0.255 e. The zero-order valence-corrected chi connectivity index (χ0v) is 18.0. The van der Waals surface area contributed by atoms with Crippen molar-refractivity contribution in [3.8, 4) is 5.75 Å². The summed E-state index contributed by atoms with van der Waals surface area (Å²) in [4.78, 5) is 37.0. The maximum atomic E-state index is 12.4. The minimum absolute atomic E-state index is 0.0630. The molecular weight excluding hydrogens is 404 g/mol. The van der Waals surface area contributed by atoms with E-state index in [1.165, 1.54) is 0 Å². The molecular formula is C26H26N2O4. The van der Waals surface area contributed by atoms with E-state index in [1.807, 2.05) is 13.0 Å². The fourth-order valence-electron chi connectivity index (χ4n) is 3.02. The van der Waals surface area contributed by atoms with Gasteiger partial charge in [0.1, 0.15) is 5.75 Å². The summed E-state index contributed by atoms with van der Waals surface area (Å²) in [6.45, 7) is 2.66. The van der Waals surface area contributed by atoms with Crippen molar-refractivity contribution in [2.45, 2.75) is 26.2 Å². The standard InChI is InChI=1S/C26H26N2O4/c1-2-17-32-23-13-11-19(12-14-23)24(29)15-16-25(30)27-21-9-6-10-22(18-21)28-26(31)20-7-4-3-5-8-20/h3-14,18H,2,15-17H2,1H3,(H,27,30)(H,28,31). The van der Waals surface area contributed by atoms with Crippen LogP contribution < -0.4 is 15.4 Å². The van der Waals surface area contributed by atoms with Crippen molar-refractivity contribution in [2.75, 3.05) is 17.2 Å². The maximum Gasteiger partial charge on any atom is 0.255 e. The summed E-state index contributed by atoms with van der Waals surface area (Å²) in [5, 5.41) is 5.58. The Kier molecular flexibility index (Phi) is 8.15. The molecule has 0 bridgehead atoms. The monoisotopic (exact) mass is 430 g/mol. The summed E-state index contributed by atoms with van der Waals surface area (Å²) in [7, 11) is 0. The molecule has 0 saturated carbocycles. The highest BCUT2D eigenvalue weighted by molar-refractivity contribution is 6.05. The van der Waals surface area contributed by atoms with E-state index in [9.17, 15) is 14.4 Å². The summed E-state index contributed by atoms with van der Waals surface area (Å²) < 4.78 is 5.51. The topological polar surface area (TPSA) is 84.5 Å². The Morgan fingerprint density at radius 3 is 2.12 bits per heavy atom. The van der Waals surface area contributed by atoms with Crippen LogP contribution in [0.15, 0.2) is 78.9 Å². The number of anilines is 2. The number of Topliss-reactive ketones (excluding diaryl/α,β-unsaturated/α-hetero) is 1. The third-order valence-corrected chi connectivity index (χ3v) is 4.67. The molecule has 2 N–H and O–H groups in total. The van der Waals surface area contributed by atoms with Crippen molar-refractivity contribution >= 4 is 29.0 Å². The molecule has 3 aromatic carbocycles. The maximum absolute atomic E-state index is 12.4. The van der Waals surface area contributed by atoms with Gasteiger partial charge in [-0.05, 0) is 61.0 Å². The van der Waals surface area contributed by atoms with Gasteiger partial charge in [0, 0.05) is 35.3 Å². The van der Waals surface area contributed by atoms with Gasteiger partial charge in [-0.3, -0.25) is 14.4 Å². The highest BCUT2D eigenvalue weighted by atomic mass is 16.5. The van der Waals surface area contributed by atoms with Gasteiger partial charge in [-0.25, -0.2) is 0 Å². The third-order valence-electron chi connectivity index (χ3n) is 4.67. The quantitative estimate of drug-likeness (QED) is 0.426. The molecule has 0 fully saturated rings. The number of rotatable bonds is 10. The highest BCUT2D eigenvalue weighted by Gasteiger charge is 2.11. The number of carbonyl (C=O) groups excluding carboxylic acids is 3. The van der Waals surface area contributed by atoms with E-state index in [2.05, 4.69) is 10.6 Å². The Bertz CT molecular complexity index is 1060. The Balaban J connectivity index is 1.50. The van der Waals surface area contributed by atoms with E-state index in [0.717, 1.165) is 12.2 Å². The van der Waals surface area contributed by atoms with Crippen LogP contribution in [0, 0.1) is 0 Å². The molecule has 0 unspecified atom stereocenters. The fourth-order valence-corrected chi connectivity index (χ4v) is 3.02. The molecule has 0 spiro atoms. The number of nitrogens with one attached hydrogen (secondary N) is 2. The van der Waals surface area contributed by atoms with E-state index in [0.29, 0.717) is 29.1 Å². The molecule has 164 valence electrons. The summed E-state index contributed by atoms with van der Waals surface area (Å²) in [5.74, 6) is 0.116.